The van der Waals surface area contributed by atoms with Crippen molar-refractivity contribution in [3.63, 3.8) is 0 Å². The van der Waals surface area contributed by atoms with E-state index < -0.39 is 0 Å². The lowest BCUT2D eigenvalue weighted by atomic mass is 9.79. The molecule has 0 saturated carbocycles. The van der Waals surface area contributed by atoms with E-state index in [4.69, 9.17) is 0 Å². The molecule has 2 unspecified atom stereocenters. The second-order valence-electron chi connectivity index (χ2n) is 23.1. The Labute approximate surface area is 508 Å². The zero-order valence-electron chi connectivity index (χ0n) is 48.1. The summed E-state index contributed by atoms with van der Waals surface area (Å²) < 4.78 is 6.71. The highest BCUT2D eigenvalue weighted by Crippen LogP contribution is 2.40. The Morgan fingerprint density at radius 1 is 0.295 bits per heavy atom. The van der Waals surface area contributed by atoms with Gasteiger partial charge in [-0.25, -0.2) is 0 Å². The van der Waals surface area contributed by atoms with Crippen LogP contribution in [0.4, 0.5) is 0 Å². The largest absolute Gasteiger partial charge is 0.309 e. The molecular weight excluding hydrogens is 1070 g/mol. The summed E-state index contributed by atoms with van der Waals surface area (Å²) >= 11 is 0. The second-order valence-corrected chi connectivity index (χ2v) is 23.1. The van der Waals surface area contributed by atoms with Crippen LogP contribution in [0.15, 0.2) is 309 Å². The van der Waals surface area contributed by atoms with Crippen LogP contribution >= 0.6 is 0 Å². The minimum Gasteiger partial charge on any atom is -0.309 e. The quantitative estimate of drug-likeness (QED) is 0.115. The summed E-state index contributed by atoms with van der Waals surface area (Å²) in [5.74, 6) is -0.254. The third kappa shape index (κ3) is 8.84. The molecular formula is C82H55N3O3. The molecule has 0 aliphatic heterocycles. The SMILES string of the molecule is CC1C=C(C(=O)c2cccc(-n3c4ccccc4c4ccccc43)c2)C=CC1c1cc(-c2ccc(C(=O)c3cccc(-n4c5ccccc5c5ccccc54)c3)cc2)cc(-c2ccc(C(=O)c3cccc(-n4c5ccccc5c5ccccc54)c3)cc2)c1. The fourth-order valence-corrected chi connectivity index (χ4v) is 13.7. The van der Waals surface area contributed by atoms with Crippen molar-refractivity contribution in [3.8, 4) is 39.3 Å². The summed E-state index contributed by atoms with van der Waals surface area (Å²) in [4.78, 5) is 43.5. The fourth-order valence-electron chi connectivity index (χ4n) is 13.7. The Morgan fingerprint density at radius 3 is 0.943 bits per heavy atom. The predicted octanol–water partition coefficient (Wildman–Crippen LogP) is 19.9. The van der Waals surface area contributed by atoms with Gasteiger partial charge in [-0.3, -0.25) is 14.4 Å². The van der Waals surface area contributed by atoms with E-state index in [0.29, 0.717) is 33.4 Å². The molecule has 416 valence electrons. The first kappa shape index (κ1) is 52.1. The molecule has 2 atom stereocenters. The van der Waals surface area contributed by atoms with Crippen molar-refractivity contribution in [3.05, 3.63) is 342 Å². The maximum absolute atomic E-state index is 14.6. The van der Waals surface area contributed by atoms with Gasteiger partial charge < -0.3 is 13.7 Å². The third-order valence-electron chi connectivity index (χ3n) is 17.9. The maximum atomic E-state index is 14.6. The molecule has 3 heterocycles. The Balaban J connectivity index is 0.722. The molecule has 12 aromatic carbocycles. The van der Waals surface area contributed by atoms with Gasteiger partial charge in [-0.15, -0.1) is 0 Å². The first-order chi connectivity index (χ1) is 43.3. The lowest BCUT2D eigenvalue weighted by Crippen LogP contribution is -2.13. The van der Waals surface area contributed by atoms with Crippen LogP contribution < -0.4 is 0 Å². The van der Waals surface area contributed by atoms with Crippen LogP contribution in [0, 0.1) is 5.92 Å². The molecule has 0 N–H and O–H groups in total. The molecule has 0 saturated heterocycles. The van der Waals surface area contributed by atoms with Crippen molar-refractivity contribution >= 4 is 82.8 Å². The van der Waals surface area contributed by atoms with Crippen LogP contribution in [0.5, 0.6) is 0 Å². The number of hydrogen-bond acceptors (Lipinski definition) is 3. The van der Waals surface area contributed by atoms with Crippen molar-refractivity contribution in [2.24, 2.45) is 5.92 Å². The maximum Gasteiger partial charge on any atom is 0.193 e. The molecule has 6 nitrogen and oxygen atoms in total. The number of benzene rings is 12. The summed E-state index contributed by atoms with van der Waals surface area (Å²) in [5, 5.41) is 6.99. The molecule has 0 fully saturated rings. The first-order valence-corrected chi connectivity index (χ1v) is 30.0. The van der Waals surface area contributed by atoms with Crippen molar-refractivity contribution in [1.82, 2.24) is 13.7 Å². The molecule has 1 aliphatic carbocycles. The van der Waals surface area contributed by atoms with Crippen LogP contribution in [0.2, 0.25) is 0 Å². The number of para-hydroxylation sites is 6. The number of carbonyl (C=O) groups excluding carboxylic acids is 3. The fraction of sp³-hybridized carbons (Fsp3) is 0.0366. The highest BCUT2D eigenvalue weighted by Gasteiger charge is 2.25. The third-order valence-corrected chi connectivity index (χ3v) is 17.9. The van der Waals surface area contributed by atoms with Crippen LogP contribution in [-0.4, -0.2) is 31.1 Å². The molecule has 1 aliphatic rings. The average molecular weight is 1130 g/mol. The predicted molar refractivity (Wildman–Crippen MR) is 360 cm³/mol. The van der Waals surface area contributed by atoms with Crippen molar-refractivity contribution < 1.29 is 14.4 Å². The number of allylic oxidation sites excluding steroid dienone is 4. The Morgan fingerprint density at radius 2 is 0.614 bits per heavy atom. The van der Waals surface area contributed by atoms with Gasteiger partial charge in [0.2, 0.25) is 0 Å². The normalized spacial score (nSPS) is 14.1. The van der Waals surface area contributed by atoms with E-state index >= 15 is 0 Å². The Hall–Kier alpha value is -11.5. The molecule has 15 aromatic rings. The molecule has 0 amide bonds. The van der Waals surface area contributed by atoms with Gasteiger partial charge in [-0.1, -0.05) is 231 Å². The number of hydrogen-bond donors (Lipinski definition) is 0. The van der Waals surface area contributed by atoms with Gasteiger partial charge in [0.25, 0.3) is 0 Å². The van der Waals surface area contributed by atoms with Gasteiger partial charge in [-0.2, -0.15) is 0 Å². The molecule has 16 rings (SSSR count). The van der Waals surface area contributed by atoms with E-state index in [1.807, 2.05) is 109 Å². The van der Waals surface area contributed by atoms with Crippen LogP contribution in [0.25, 0.3) is 105 Å². The van der Waals surface area contributed by atoms with Crippen molar-refractivity contribution in [1.29, 1.82) is 0 Å². The van der Waals surface area contributed by atoms with Crippen LogP contribution in [0.1, 0.15) is 60.6 Å². The van der Waals surface area contributed by atoms with Gasteiger partial charge >= 0.3 is 0 Å². The van der Waals surface area contributed by atoms with Crippen molar-refractivity contribution in [2.45, 2.75) is 12.8 Å². The van der Waals surface area contributed by atoms with Crippen LogP contribution in [-0.2, 0) is 0 Å². The minimum absolute atomic E-state index is 0.0280. The van der Waals surface area contributed by atoms with E-state index in [1.165, 1.54) is 10.8 Å². The van der Waals surface area contributed by atoms with Gasteiger partial charge in [0.1, 0.15) is 0 Å². The minimum atomic E-state index is -0.0653. The number of aromatic nitrogens is 3. The number of carbonyl (C=O) groups is 3. The number of rotatable bonds is 12. The van der Waals surface area contributed by atoms with Gasteiger partial charge in [0.05, 0.1) is 33.1 Å². The molecule has 3 aromatic heterocycles. The van der Waals surface area contributed by atoms with Crippen LogP contribution in [0.3, 0.4) is 0 Å². The Kier molecular flexibility index (Phi) is 12.6. The van der Waals surface area contributed by atoms with E-state index in [2.05, 4.69) is 215 Å². The summed E-state index contributed by atoms with van der Waals surface area (Å²) in [6.07, 6.45) is 6.27. The van der Waals surface area contributed by atoms with E-state index in [9.17, 15) is 14.4 Å². The second kappa shape index (κ2) is 21.2. The number of fused-ring (bicyclic) bond motifs is 9. The molecule has 0 spiro atoms. The van der Waals surface area contributed by atoms with Gasteiger partial charge in [-0.05, 0) is 113 Å². The zero-order valence-corrected chi connectivity index (χ0v) is 48.1. The van der Waals surface area contributed by atoms with E-state index in [-0.39, 0.29) is 29.2 Å². The zero-order chi connectivity index (χ0) is 59.0. The lowest BCUT2D eigenvalue weighted by molar-refractivity contribution is 0.102. The highest BCUT2D eigenvalue weighted by molar-refractivity contribution is 6.14. The molecule has 0 bridgehead atoms. The number of Topliss-reactive ketones (excluding diaryl/α,β-unsaturated/α-hetero) is 1. The Bertz CT molecular complexity index is 5030. The monoisotopic (exact) mass is 1130 g/mol. The smallest absolute Gasteiger partial charge is 0.193 e. The number of ketones is 3. The van der Waals surface area contributed by atoms with E-state index in [1.54, 1.807) is 0 Å². The van der Waals surface area contributed by atoms with E-state index in [0.717, 1.165) is 99.5 Å². The summed E-state index contributed by atoms with van der Waals surface area (Å²) in [6.45, 7) is 2.18. The summed E-state index contributed by atoms with van der Waals surface area (Å²) in [6, 6.07) is 96.7. The molecule has 0 radical (unpaired) electrons. The summed E-state index contributed by atoms with van der Waals surface area (Å²) in [5.41, 5.74) is 17.9. The van der Waals surface area contributed by atoms with Crippen molar-refractivity contribution in [2.75, 3.05) is 0 Å². The van der Waals surface area contributed by atoms with Gasteiger partial charge in [0, 0.05) is 88.7 Å². The summed E-state index contributed by atoms with van der Waals surface area (Å²) in [7, 11) is 0. The number of nitrogens with zero attached hydrogens (tertiary/aromatic N) is 3. The molecule has 88 heavy (non-hydrogen) atoms. The highest BCUT2D eigenvalue weighted by atomic mass is 16.1. The molecule has 6 heteroatoms. The van der Waals surface area contributed by atoms with Gasteiger partial charge in [0.15, 0.2) is 17.3 Å². The average Bonchev–Trinajstić information content (AvgIpc) is 1.82. The standard InChI is InChI=1S/C82H55N3O3/c1-52-45-60(82(88)59-19-16-22-66(51-59)85-78-33-12-6-27-72(78)73-28-7-13-34-79(73)85)43-44-67(52)63-47-61(53-35-39-55(40-36-53)80(86)57-17-14-20-64(49-57)83-74-29-8-2-23-68(74)69-24-3-9-30-75(69)83)46-62(48-63)54-37-41-56(42-38-54)81(87)58-18-15-21-65(50-58)84-76-31-10-4-25-70(76)71-26-5-11-32-77(71)84/h2-52,67H,1H3. The topological polar surface area (TPSA) is 66.0 Å². The first-order valence-electron chi connectivity index (χ1n) is 30.0. The lowest BCUT2D eigenvalue weighted by Gasteiger charge is -2.25.